The summed E-state index contributed by atoms with van der Waals surface area (Å²) in [6, 6.07) is 46.8. The maximum absolute atomic E-state index is 2.41. The van der Waals surface area contributed by atoms with Crippen molar-refractivity contribution in [2.45, 2.75) is 74.7 Å². The lowest BCUT2D eigenvalue weighted by molar-refractivity contribution is 0.889. The number of allylic oxidation sites excluding steroid dienone is 16. The fourth-order valence-electron chi connectivity index (χ4n) is 9.37. The first kappa shape index (κ1) is 44.1. The average molecular weight is 795 g/mol. The quantitative estimate of drug-likeness (QED) is 0.112. The lowest BCUT2D eigenvalue weighted by Crippen LogP contribution is -2.30. The van der Waals surface area contributed by atoms with Crippen LogP contribution in [0.3, 0.4) is 0 Å². The summed E-state index contributed by atoms with van der Waals surface area (Å²) < 4.78 is 0. The summed E-state index contributed by atoms with van der Waals surface area (Å²) >= 11 is 0. The van der Waals surface area contributed by atoms with Crippen LogP contribution in [0.1, 0.15) is 80.2 Å². The van der Waals surface area contributed by atoms with E-state index in [1.165, 1.54) is 98.8 Å². The van der Waals surface area contributed by atoms with E-state index in [0.717, 1.165) is 38.5 Å². The van der Waals surface area contributed by atoms with Crippen molar-refractivity contribution in [1.29, 1.82) is 0 Å². The summed E-state index contributed by atoms with van der Waals surface area (Å²) in [7, 11) is 0. The van der Waals surface area contributed by atoms with Gasteiger partial charge in [-0.3, -0.25) is 0 Å². The Morgan fingerprint density at radius 1 is 0.475 bits per heavy atom. The molecule has 0 amide bonds. The van der Waals surface area contributed by atoms with Crippen molar-refractivity contribution >= 4 is 38.3 Å². The molecule has 0 fully saturated rings. The van der Waals surface area contributed by atoms with E-state index in [0.29, 0.717) is 0 Å². The average Bonchev–Trinajstić information content (AvgIpc) is 3.29. The van der Waals surface area contributed by atoms with Crippen molar-refractivity contribution < 1.29 is 0 Å². The highest BCUT2D eigenvalue weighted by atomic mass is 14.2. The van der Waals surface area contributed by atoms with E-state index in [9.17, 15) is 0 Å². The number of fused-ring (bicyclic) bond motifs is 3. The fourth-order valence-corrected chi connectivity index (χ4v) is 9.37. The van der Waals surface area contributed by atoms with E-state index in [2.05, 4.69) is 208 Å². The summed E-state index contributed by atoms with van der Waals surface area (Å²) in [5, 5.41) is 7.78. The van der Waals surface area contributed by atoms with Crippen LogP contribution < -0.4 is 10.4 Å². The van der Waals surface area contributed by atoms with E-state index < -0.39 is 0 Å². The van der Waals surface area contributed by atoms with E-state index in [4.69, 9.17) is 0 Å². The summed E-state index contributed by atoms with van der Waals surface area (Å²) in [6.07, 6.45) is 31.7. The third-order valence-corrected chi connectivity index (χ3v) is 12.2. The highest BCUT2D eigenvalue weighted by Gasteiger charge is 2.20. The molecule has 0 aromatic heterocycles. The molecule has 0 radical (unpaired) electrons. The largest absolute Gasteiger partial charge is 0.0842 e. The number of rotatable bonds is 7. The normalized spacial score (nSPS) is 18.3. The second kappa shape index (κ2) is 20.2. The molecule has 0 atom stereocenters. The van der Waals surface area contributed by atoms with E-state index in [1.54, 1.807) is 0 Å². The van der Waals surface area contributed by atoms with Gasteiger partial charge in [0.2, 0.25) is 0 Å². The number of hydrogen-bond donors (Lipinski definition) is 0. The van der Waals surface area contributed by atoms with Crippen LogP contribution in [-0.2, 0) is 0 Å². The summed E-state index contributed by atoms with van der Waals surface area (Å²) in [5.41, 5.74) is 16.1. The van der Waals surface area contributed by atoms with Crippen LogP contribution in [0.4, 0.5) is 0 Å². The van der Waals surface area contributed by atoms with Crippen LogP contribution in [0.15, 0.2) is 217 Å². The highest BCUT2D eigenvalue weighted by Crippen LogP contribution is 2.44. The summed E-state index contributed by atoms with van der Waals surface area (Å²) in [4.78, 5) is 0. The van der Waals surface area contributed by atoms with Gasteiger partial charge in [-0.2, -0.15) is 0 Å². The lowest BCUT2D eigenvalue weighted by Gasteiger charge is -2.22. The van der Waals surface area contributed by atoms with Crippen molar-refractivity contribution in [3.8, 4) is 22.3 Å². The van der Waals surface area contributed by atoms with Gasteiger partial charge in [-0.15, -0.1) is 0 Å². The van der Waals surface area contributed by atoms with Crippen LogP contribution in [-0.4, -0.2) is 0 Å². The standard InChI is InChI=1S/C58H50.3CH4/c1-41(45-27-11-3-4-12-30-51(50-33-17-16-31-48(45)50)49-32-15-13-28-46(49)43-23-7-5-8-24-43)39-40-42(2)57-53-35-19-21-37-55(53)58(56-38-22-20-36-54(56)57)52-34-18-14-29-47(52)44-25-9-6-10-26-44;;;/h3-7,9-12,14-23,25-26,29,31-40H,8,13,24,27-28,30H2,1-2H3;3*1H4/b11-3-,12-4-,41-39+,42-40+,48-45+,51-50+;;;. The Labute approximate surface area is 366 Å². The molecule has 0 unspecified atom stereocenters. The SMILES string of the molecule is C.C.C.CC(=C\C=C(/C)c1c2ccccc2c(-c2ccccc2-c2ccccc2)c2ccccc12)/C1=c2\cccc\c2=C(/C2=C(C3=CC=CCC3)CCC=C2)C/C=C\C=C/C1. The predicted octanol–water partition coefficient (Wildman–Crippen LogP) is 16.4. The van der Waals surface area contributed by atoms with Crippen molar-refractivity contribution in [2.75, 3.05) is 0 Å². The van der Waals surface area contributed by atoms with E-state index in [-0.39, 0.29) is 22.3 Å². The molecule has 0 heteroatoms. The van der Waals surface area contributed by atoms with Gasteiger partial charge in [-0.25, -0.2) is 0 Å². The molecule has 0 bridgehead atoms. The topological polar surface area (TPSA) is 0 Å². The molecule has 0 aliphatic heterocycles. The molecule has 306 valence electrons. The van der Waals surface area contributed by atoms with Gasteiger partial charge in [0.15, 0.2) is 0 Å². The summed E-state index contributed by atoms with van der Waals surface area (Å²) in [5.74, 6) is 0. The molecule has 61 heavy (non-hydrogen) atoms. The molecule has 0 N–H and O–H groups in total. The molecule has 0 heterocycles. The zero-order valence-electron chi connectivity index (χ0n) is 33.7. The molecule has 6 aromatic rings. The third-order valence-electron chi connectivity index (χ3n) is 12.2. The minimum atomic E-state index is 0. The molecule has 3 aliphatic carbocycles. The zero-order valence-corrected chi connectivity index (χ0v) is 33.7. The molecular formula is C61H62. The second-order valence-corrected chi connectivity index (χ2v) is 15.7. The van der Waals surface area contributed by atoms with Gasteiger partial charge in [-0.05, 0) is 151 Å². The molecule has 9 rings (SSSR count). The molecule has 0 nitrogen and oxygen atoms in total. The molecule has 0 saturated carbocycles. The van der Waals surface area contributed by atoms with Gasteiger partial charge >= 0.3 is 0 Å². The van der Waals surface area contributed by atoms with Gasteiger partial charge in [0.25, 0.3) is 0 Å². The van der Waals surface area contributed by atoms with Gasteiger partial charge in [0.1, 0.15) is 0 Å². The van der Waals surface area contributed by atoms with Crippen molar-refractivity contribution in [1.82, 2.24) is 0 Å². The van der Waals surface area contributed by atoms with Crippen molar-refractivity contribution in [2.24, 2.45) is 0 Å². The molecule has 6 aromatic carbocycles. The molecule has 0 saturated heterocycles. The monoisotopic (exact) mass is 794 g/mol. The van der Waals surface area contributed by atoms with Crippen molar-refractivity contribution in [3.05, 3.63) is 233 Å². The first-order valence-corrected chi connectivity index (χ1v) is 21.0. The smallest absolute Gasteiger partial charge is 0.00201 e. The van der Waals surface area contributed by atoms with E-state index >= 15 is 0 Å². The molecular weight excluding hydrogens is 733 g/mol. The Morgan fingerprint density at radius 3 is 1.74 bits per heavy atom. The Balaban J connectivity index is 0.00000207. The predicted molar refractivity (Wildman–Crippen MR) is 272 cm³/mol. The van der Waals surface area contributed by atoms with Crippen LogP contribution in [0.25, 0.3) is 60.5 Å². The van der Waals surface area contributed by atoms with Crippen LogP contribution >= 0.6 is 0 Å². The van der Waals surface area contributed by atoms with Gasteiger partial charge < -0.3 is 0 Å². The maximum atomic E-state index is 2.41. The van der Waals surface area contributed by atoms with Gasteiger partial charge in [0, 0.05) is 0 Å². The van der Waals surface area contributed by atoms with Crippen molar-refractivity contribution in [3.63, 3.8) is 0 Å². The third kappa shape index (κ3) is 8.87. The highest BCUT2D eigenvalue weighted by molar-refractivity contribution is 6.20. The molecule has 0 spiro atoms. The van der Waals surface area contributed by atoms with Gasteiger partial charge in [0.05, 0.1) is 0 Å². The maximum Gasteiger partial charge on any atom is -0.00201 e. The van der Waals surface area contributed by atoms with Crippen LogP contribution in [0.2, 0.25) is 0 Å². The summed E-state index contributed by atoms with van der Waals surface area (Å²) in [6.45, 7) is 4.59. The fraction of sp³-hybridized carbons (Fsp3) is 0.180. The number of benzene rings is 6. The Hall–Kier alpha value is -6.50. The zero-order chi connectivity index (χ0) is 39.3. The van der Waals surface area contributed by atoms with Crippen LogP contribution in [0.5, 0.6) is 0 Å². The Bertz CT molecular complexity index is 2870. The number of hydrogen-bond acceptors (Lipinski definition) is 0. The Kier molecular flexibility index (Phi) is 14.6. The first-order valence-electron chi connectivity index (χ1n) is 21.0. The Morgan fingerprint density at radius 2 is 1.05 bits per heavy atom. The van der Waals surface area contributed by atoms with Crippen LogP contribution in [0, 0.1) is 0 Å². The first-order chi connectivity index (χ1) is 28.7. The minimum absolute atomic E-state index is 0. The second-order valence-electron chi connectivity index (χ2n) is 15.7. The molecule has 3 aliphatic rings. The minimum Gasteiger partial charge on any atom is -0.0842 e. The van der Waals surface area contributed by atoms with Gasteiger partial charge in [-0.1, -0.05) is 217 Å². The van der Waals surface area contributed by atoms with E-state index in [1.807, 2.05) is 0 Å². The lowest BCUT2D eigenvalue weighted by atomic mass is 9.82.